The molecule has 2 heterocycles. The molecule has 2 aromatic heterocycles. The van der Waals surface area contributed by atoms with Crippen LogP contribution in [0.25, 0.3) is 0 Å². The summed E-state index contributed by atoms with van der Waals surface area (Å²) in [6.45, 7) is 10.7. The van der Waals surface area contributed by atoms with Crippen molar-refractivity contribution in [3.8, 4) is 0 Å². The van der Waals surface area contributed by atoms with E-state index in [2.05, 4.69) is 15.5 Å². The van der Waals surface area contributed by atoms with Gasteiger partial charge in [-0.25, -0.2) is 4.79 Å². The normalized spacial score (nSPS) is 11.4. The highest BCUT2D eigenvalue weighted by Crippen LogP contribution is 2.34. The van der Waals surface area contributed by atoms with E-state index in [0.717, 1.165) is 10.4 Å². The average Bonchev–Trinajstić information content (AvgIpc) is 3.00. The van der Waals surface area contributed by atoms with E-state index in [0.29, 0.717) is 16.4 Å². The fourth-order valence-corrected chi connectivity index (χ4v) is 2.89. The van der Waals surface area contributed by atoms with E-state index in [-0.39, 0.29) is 18.4 Å². The van der Waals surface area contributed by atoms with Gasteiger partial charge in [-0.2, -0.15) is 4.98 Å². The molecular formula is C16H21N3O4S. The molecule has 0 spiro atoms. The van der Waals surface area contributed by atoms with Crippen molar-refractivity contribution in [3.05, 3.63) is 27.7 Å². The van der Waals surface area contributed by atoms with E-state index in [4.69, 9.17) is 9.26 Å². The van der Waals surface area contributed by atoms with E-state index in [1.807, 2.05) is 34.6 Å². The molecule has 1 N–H and O–H groups in total. The molecule has 0 unspecified atom stereocenters. The number of anilines is 1. The molecule has 0 fully saturated rings. The SMILES string of the molecule is Cc1noc(COC(=O)c2c(NC(=O)C(C)(C)C)sc(C)c2C)n1. The Bertz CT molecular complexity index is 771. The molecule has 2 rings (SSSR count). The van der Waals surface area contributed by atoms with E-state index in [9.17, 15) is 9.59 Å². The summed E-state index contributed by atoms with van der Waals surface area (Å²) in [4.78, 5) is 29.6. The highest BCUT2D eigenvalue weighted by molar-refractivity contribution is 7.16. The number of carbonyl (C=O) groups is 2. The summed E-state index contributed by atoms with van der Waals surface area (Å²) in [5.74, 6) is 0.00899. The first kappa shape index (κ1) is 18.1. The lowest BCUT2D eigenvalue weighted by Gasteiger charge is -2.17. The summed E-state index contributed by atoms with van der Waals surface area (Å²) in [6.07, 6.45) is 0. The summed E-state index contributed by atoms with van der Waals surface area (Å²) >= 11 is 1.36. The Labute approximate surface area is 144 Å². The van der Waals surface area contributed by atoms with Crippen LogP contribution in [0.3, 0.4) is 0 Å². The molecule has 24 heavy (non-hydrogen) atoms. The third-order valence-corrected chi connectivity index (χ3v) is 4.52. The zero-order valence-corrected chi connectivity index (χ0v) is 15.5. The summed E-state index contributed by atoms with van der Waals surface area (Å²) in [5, 5.41) is 6.96. The van der Waals surface area contributed by atoms with Crippen LogP contribution < -0.4 is 5.32 Å². The van der Waals surface area contributed by atoms with Gasteiger partial charge in [0.15, 0.2) is 12.4 Å². The van der Waals surface area contributed by atoms with Crippen molar-refractivity contribution < 1.29 is 18.8 Å². The number of hydrogen-bond donors (Lipinski definition) is 1. The van der Waals surface area contributed by atoms with Crippen molar-refractivity contribution in [3.63, 3.8) is 0 Å². The third-order valence-electron chi connectivity index (χ3n) is 3.39. The Morgan fingerprint density at radius 2 is 1.92 bits per heavy atom. The number of esters is 1. The fraction of sp³-hybridized carbons (Fsp3) is 0.500. The zero-order chi connectivity index (χ0) is 18.1. The van der Waals surface area contributed by atoms with Crippen LogP contribution >= 0.6 is 11.3 Å². The number of nitrogens with zero attached hydrogens (tertiary/aromatic N) is 2. The predicted molar refractivity (Wildman–Crippen MR) is 90.0 cm³/mol. The van der Waals surface area contributed by atoms with Crippen LogP contribution in [-0.2, 0) is 16.1 Å². The van der Waals surface area contributed by atoms with E-state index in [1.54, 1.807) is 6.92 Å². The molecule has 0 aliphatic heterocycles. The van der Waals surface area contributed by atoms with Crippen LogP contribution in [0.4, 0.5) is 5.00 Å². The Morgan fingerprint density at radius 1 is 1.25 bits per heavy atom. The van der Waals surface area contributed by atoms with Crippen LogP contribution in [0.5, 0.6) is 0 Å². The van der Waals surface area contributed by atoms with Crippen molar-refractivity contribution in [2.24, 2.45) is 5.41 Å². The average molecular weight is 351 g/mol. The number of carbonyl (C=O) groups excluding carboxylic acids is 2. The first-order chi connectivity index (χ1) is 11.1. The van der Waals surface area contributed by atoms with Gasteiger partial charge in [-0.1, -0.05) is 25.9 Å². The number of aromatic nitrogens is 2. The monoisotopic (exact) mass is 351 g/mol. The van der Waals surface area contributed by atoms with Gasteiger partial charge in [-0.3, -0.25) is 4.79 Å². The summed E-state index contributed by atoms with van der Waals surface area (Å²) in [6, 6.07) is 0. The molecule has 2 aromatic rings. The van der Waals surface area contributed by atoms with Crippen molar-refractivity contribution in [2.75, 3.05) is 5.32 Å². The topological polar surface area (TPSA) is 94.3 Å². The van der Waals surface area contributed by atoms with Crippen LogP contribution in [0, 0.1) is 26.2 Å². The summed E-state index contributed by atoms with van der Waals surface area (Å²) in [5.41, 5.74) is 0.594. The largest absolute Gasteiger partial charge is 0.452 e. The minimum atomic E-state index is -0.561. The molecule has 0 atom stereocenters. The van der Waals surface area contributed by atoms with Gasteiger partial charge < -0.3 is 14.6 Å². The van der Waals surface area contributed by atoms with E-state index >= 15 is 0 Å². The first-order valence-corrected chi connectivity index (χ1v) is 8.29. The fourth-order valence-electron chi connectivity index (χ4n) is 1.85. The maximum absolute atomic E-state index is 12.5. The van der Waals surface area contributed by atoms with Gasteiger partial charge in [0.25, 0.3) is 5.89 Å². The second kappa shape index (κ2) is 6.72. The van der Waals surface area contributed by atoms with Crippen molar-refractivity contribution in [2.45, 2.75) is 48.1 Å². The second-order valence-corrected chi connectivity index (χ2v) is 7.73. The van der Waals surface area contributed by atoms with E-state index < -0.39 is 11.4 Å². The number of ether oxygens (including phenoxy) is 1. The number of amides is 1. The van der Waals surface area contributed by atoms with E-state index in [1.165, 1.54) is 11.3 Å². The predicted octanol–water partition coefficient (Wildman–Crippen LogP) is 3.40. The molecule has 0 aromatic carbocycles. The number of thiophene rings is 1. The van der Waals surface area contributed by atoms with Gasteiger partial charge in [-0.15, -0.1) is 11.3 Å². The number of nitrogens with one attached hydrogen (secondary N) is 1. The standard InChI is InChI=1S/C16H21N3O4S/c1-8-9(2)24-13(18-15(21)16(4,5)6)12(8)14(20)22-7-11-17-10(3)19-23-11/h7H2,1-6H3,(H,18,21). The summed E-state index contributed by atoms with van der Waals surface area (Å²) < 4.78 is 10.2. The Hall–Kier alpha value is -2.22. The highest BCUT2D eigenvalue weighted by atomic mass is 32.1. The lowest BCUT2D eigenvalue weighted by atomic mass is 9.96. The van der Waals surface area contributed by atoms with Crippen LogP contribution in [-0.4, -0.2) is 22.0 Å². The Balaban J connectivity index is 2.19. The molecule has 0 saturated carbocycles. The molecule has 130 valence electrons. The number of hydrogen-bond acceptors (Lipinski definition) is 7. The molecule has 8 heteroatoms. The lowest BCUT2D eigenvalue weighted by molar-refractivity contribution is -0.123. The van der Waals surface area contributed by atoms with Gasteiger partial charge in [0.2, 0.25) is 5.91 Å². The van der Waals surface area contributed by atoms with Crippen molar-refractivity contribution in [1.29, 1.82) is 0 Å². The van der Waals surface area contributed by atoms with Crippen molar-refractivity contribution in [1.82, 2.24) is 10.1 Å². The molecule has 0 aliphatic rings. The second-order valence-electron chi connectivity index (χ2n) is 6.50. The Morgan fingerprint density at radius 3 is 2.46 bits per heavy atom. The van der Waals surface area contributed by atoms with Crippen molar-refractivity contribution >= 4 is 28.2 Å². The maximum Gasteiger partial charge on any atom is 0.341 e. The molecule has 7 nitrogen and oxygen atoms in total. The molecule has 0 saturated heterocycles. The van der Waals surface area contributed by atoms with Crippen LogP contribution in [0.15, 0.2) is 4.52 Å². The highest BCUT2D eigenvalue weighted by Gasteiger charge is 2.27. The van der Waals surface area contributed by atoms with Crippen LogP contribution in [0.1, 0.15) is 53.3 Å². The molecule has 0 radical (unpaired) electrons. The lowest BCUT2D eigenvalue weighted by Crippen LogP contribution is -2.28. The van der Waals surface area contributed by atoms with Gasteiger partial charge >= 0.3 is 5.97 Å². The molecule has 1 amide bonds. The zero-order valence-electron chi connectivity index (χ0n) is 14.6. The van der Waals surface area contributed by atoms with Gasteiger partial charge in [0, 0.05) is 10.3 Å². The van der Waals surface area contributed by atoms with Gasteiger partial charge in [-0.05, 0) is 26.3 Å². The molecular weight excluding hydrogens is 330 g/mol. The Kier molecular flexibility index (Phi) is 5.08. The molecule has 0 bridgehead atoms. The minimum absolute atomic E-state index is 0.110. The van der Waals surface area contributed by atoms with Gasteiger partial charge in [0.05, 0.1) is 5.56 Å². The number of aryl methyl sites for hydroxylation is 2. The third kappa shape index (κ3) is 4.00. The molecule has 0 aliphatic carbocycles. The van der Waals surface area contributed by atoms with Crippen LogP contribution in [0.2, 0.25) is 0 Å². The van der Waals surface area contributed by atoms with Gasteiger partial charge in [0.1, 0.15) is 5.00 Å². The first-order valence-electron chi connectivity index (χ1n) is 7.47. The smallest absolute Gasteiger partial charge is 0.341 e. The maximum atomic E-state index is 12.5. The minimum Gasteiger partial charge on any atom is -0.452 e. The quantitative estimate of drug-likeness (QED) is 0.849. The summed E-state index contributed by atoms with van der Waals surface area (Å²) in [7, 11) is 0. The number of rotatable bonds is 4.